The van der Waals surface area contributed by atoms with Gasteiger partial charge in [0.05, 0.1) is 12.8 Å². The molecule has 0 radical (unpaired) electrons. The highest BCUT2D eigenvalue weighted by Gasteiger charge is 2.14. The first-order valence-electron chi connectivity index (χ1n) is 7.06. The number of aryl methyl sites for hydroxylation is 1. The zero-order valence-electron chi connectivity index (χ0n) is 12.8. The fraction of sp³-hybridized carbons (Fsp3) is 0.167. The van der Waals surface area contributed by atoms with Crippen LogP contribution in [0.15, 0.2) is 48.5 Å². The predicted molar refractivity (Wildman–Crippen MR) is 85.0 cm³/mol. The number of ether oxygens (including phenoxy) is 1. The molecule has 0 atom stereocenters. The molecule has 22 heavy (non-hydrogen) atoms. The summed E-state index contributed by atoms with van der Waals surface area (Å²) in [6, 6.07) is 14.2. The maximum Gasteiger partial charge on any atom is 0.145 e. The minimum atomic E-state index is -0.250. The molecule has 0 saturated heterocycles. The second-order valence-corrected chi connectivity index (χ2v) is 5.15. The smallest absolute Gasteiger partial charge is 0.145 e. The third-order valence-corrected chi connectivity index (χ3v) is 3.78. The van der Waals surface area contributed by atoms with E-state index in [1.54, 1.807) is 19.2 Å². The van der Waals surface area contributed by atoms with Crippen LogP contribution in [0.1, 0.15) is 11.4 Å². The van der Waals surface area contributed by atoms with E-state index in [2.05, 4.69) is 9.55 Å². The SMILES string of the molecule is COc1ccc(-n2c(-c3ccc(F)cc3)nc(C)c2C)cc1. The average molecular weight is 296 g/mol. The van der Waals surface area contributed by atoms with Gasteiger partial charge in [-0.1, -0.05) is 0 Å². The van der Waals surface area contributed by atoms with E-state index in [1.807, 2.05) is 38.1 Å². The van der Waals surface area contributed by atoms with E-state index >= 15 is 0 Å². The van der Waals surface area contributed by atoms with Gasteiger partial charge in [-0.2, -0.15) is 0 Å². The molecule has 3 aromatic rings. The van der Waals surface area contributed by atoms with Crippen molar-refractivity contribution in [2.24, 2.45) is 0 Å². The minimum absolute atomic E-state index is 0.250. The van der Waals surface area contributed by atoms with Crippen molar-refractivity contribution in [3.8, 4) is 22.8 Å². The molecule has 3 nitrogen and oxygen atoms in total. The highest BCUT2D eigenvalue weighted by atomic mass is 19.1. The zero-order chi connectivity index (χ0) is 15.7. The van der Waals surface area contributed by atoms with Crippen LogP contribution in [0.2, 0.25) is 0 Å². The third-order valence-electron chi connectivity index (χ3n) is 3.78. The van der Waals surface area contributed by atoms with Crippen LogP contribution in [0.3, 0.4) is 0 Å². The highest BCUT2D eigenvalue weighted by Crippen LogP contribution is 2.27. The molecule has 0 bridgehead atoms. The maximum atomic E-state index is 13.2. The Hall–Kier alpha value is -2.62. The Bertz CT molecular complexity index is 789. The lowest BCUT2D eigenvalue weighted by Crippen LogP contribution is -2.00. The average Bonchev–Trinajstić information content (AvgIpc) is 2.84. The first kappa shape index (κ1) is 14.3. The van der Waals surface area contributed by atoms with Gasteiger partial charge in [0.15, 0.2) is 0 Å². The van der Waals surface area contributed by atoms with Crippen LogP contribution in [0.25, 0.3) is 17.1 Å². The Morgan fingerprint density at radius 3 is 2.18 bits per heavy atom. The van der Waals surface area contributed by atoms with Crippen molar-refractivity contribution in [1.82, 2.24) is 9.55 Å². The van der Waals surface area contributed by atoms with Crippen LogP contribution >= 0.6 is 0 Å². The quantitative estimate of drug-likeness (QED) is 0.720. The lowest BCUT2D eigenvalue weighted by Gasteiger charge is -2.11. The third kappa shape index (κ3) is 2.48. The second kappa shape index (κ2) is 5.64. The number of halogens is 1. The Morgan fingerprint density at radius 1 is 0.955 bits per heavy atom. The zero-order valence-corrected chi connectivity index (χ0v) is 12.8. The number of benzene rings is 2. The van der Waals surface area contributed by atoms with Crippen molar-refractivity contribution in [2.45, 2.75) is 13.8 Å². The van der Waals surface area contributed by atoms with E-state index < -0.39 is 0 Å². The number of hydrogen-bond donors (Lipinski definition) is 0. The van der Waals surface area contributed by atoms with Gasteiger partial charge in [0, 0.05) is 16.9 Å². The van der Waals surface area contributed by atoms with Gasteiger partial charge < -0.3 is 4.74 Å². The minimum Gasteiger partial charge on any atom is -0.497 e. The van der Waals surface area contributed by atoms with Crippen LogP contribution in [0.5, 0.6) is 5.75 Å². The van der Waals surface area contributed by atoms with E-state index in [0.717, 1.165) is 34.2 Å². The molecule has 0 amide bonds. The van der Waals surface area contributed by atoms with Crippen LogP contribution in [0, 0.1) is 19.7 Å². The van der Waals surface area contributed by atoms with Crippen molar-refractivity contribution in [1.29, 1.82) is 0 Å². The van der Waals surface area contributed by atoms with Crippen molar-refractivity contribution >= 4 is 0 Å². The van der Waals surface area contributed by atoms with Gasteiger partial charge in [-0.25, -0.2) is 9.37 Å². The fourth-order valence-corrected chi connectivity index (χ4v) is 2.45. The number of hydrogen-bond acceptors (Lipinski definition) is 2. The highest BCUT2D eigenvalue weighted by molar-refractivity contribution is 5.60. The number of imidazole rings is 1. The fourth-order valence-electron chi connectivity index (χ4n) is 2.45. The summed E-state index contributed by atoms with van der Waals surface area (Å²) in [6.07, 6.45) is 0. The Kier molecular flexibility index (Phi) is 3.67. The van der Waals surface area contributed by atoms with Crippen molar-refractivity contribution in [3.05, 3.63) is 65.7 Å². The van der Waals surface area contributed by atoms with Gasteiger partial charge in [-0.05, 0) is 62.4 Å². The van der Waals surface area contributed by atoms with Gasteiger partial charge >= 0.3 is 0 Å². The maximum absolute atomic E-state index is 13.2. The molecule has 0 spiro atoms. The van der Waals surface area contributed by atoms with Crippen LogP contribution in [-0.2, 0) is 0 Å². The first-order chi connectivity index (χ1) is 10.6. The summed E-state index contributed by atoms with van der Waals surface area (Å²) in [5.74, 6) is 1.36. The van der Waals surface area contributed by atoms with Crippen LogP contribution < -0.4 is 4.74 Å². The molecular weight excluding hydrogens is 279 g/mol. The van der Waals surface area contributed by atoms with E-state index in [0.29, 0.717) is 0 Å². The first-order valence-corrected chi connectivity index (χ1v) is 7.06. The van der Waals surface area contributed by atoms with Gasteiger partial charge in [0.2, 0.25) is 0 Å². The van der Waals surface area contributed by atoms with Crippen molar-refractivity contribution in [2.75, 3.05) is 7.11 Å². The van der Waals surface area contributed by atoms with Gasteiger partial charge in [0.1, 0.15) is 17.4 Å². The standard InChI is InChI=1S/C18H17FN2O/c1-12-13(2)21(16-8-10-17(22-3)11-9-16)18(20-12)14-4-6-15(19)7-5-14/h4-11H,1-3H3. The molecule has 3 rings (SSSR count). The van der Waals surface area contributed by atoms with Crippen molar-refractivity contribution < 1.29 is 9.13 Å². The number of aromatic nitrogens is 2. The summed E-state index contributed by atoms with van der Waals surface area (Å²) in [6.45, 7) is 4.00. The summed E-state index contributed by atoms with van der Waals surface area (Å²) in [5.41, 5.74) is 3.89. The molecule has 0 aliphatic carbocycles. The molecule has 112 valence electrons. The number of nitrogens with zero attached hydrogens (tertiary/aromatic N) is 2. The van der Waals surface area contributed by atoms with E-state index in [-0.39, 0.29) is 5.82 Å². The summed E-state index contributed by atoms with van der Waals surface area (Å²) in [7, 11) is 1.64. The molecule has 0 unspecified atom stereocenters. The largest absolute Gasteiger partial charge is 0.497 e. The lowest BCUT2D eigenvalue weighted by molar-refractivity contribution is 0.414. The van der Waals surface area contributed by atoms with E-state index in [4.69, 9.17) is 4.74 Å². The van der Waals surface area contributed by atoms with Crippen LogP contribution in [-0.4, -0.2) is 16.7 Å². The van der Waals surface area contributed by atoms with Gasteiger partial charge in [-0.3, -0.25) is 4.57 Å². The summed E-state index contributed by atoms with van der Waals surface area (Å²) < 4.78 is 20.4. The molecular formula is C18H17FN2O. The predicted octanol–water partition coefficient (Wildman–Crippen LogP) is 4.30. The molecule has 0 saturated carbocycles. The molecule has 0 aliphatic heterocycles. The van der Waals surface area contributed by atoms with Crippen molar-refractivity contribution in [3.63, 3.8) is 0 Å². The monoisotopic (exact) mass is 296 g/mol. The number of rotatable bonds is 3. The molecule has 1 aromatic heterocycles. The van der Waals surface area contributed by atoms with Gasteiger partial charge in [-0.15, -0.1) is 0 Å². The molecule has 0 fully saturated rings. The summed E-state index contributed by atoms with van der Waals surface area (Å²) in [5, 5.41) is 0. The normalized spacial score (nSPS) is 10.7. The Labute approximate surface area is 129 Å². The molecule has 1 heterocycles. The molecule has 0 N–H and O–H groups in total. The van der Waals surface area contributed by atoms with E-state index in [9.17, 15) is 4.39 Å². The second-order valence-electron chi connectivity index (χ2n) is 5.15. The Morgan fingerprint density at radius 2 is 1.59 bits per heavy atom. The molecule has 4 heteroatoms. The lowest BCUT2D eigenvalue weighted by atomic mass is 10.2. The molecule has 2 aromatic carbocycles. The number of methoxy groups -OCH3 is 1. The van der Waals surface area contributed by atoms with E-state index in [1.165, 1.54) is 12.1 Å². The summed E-state index contributed by atoms with van der Waals surface area (Å²) in [4.78, 5) is 4.64. The topological polar surface area (TPSA) is 27.1 Å². The van der Waals surface area contributed by atoms with Gasteiger partial charge in [0.25, 0.3) is 0 Å². The Balaban J connectivity index is 2.15. The van der Waals surface area contributed by atoms with Crippen LogP contribution in [0.4, 0.5) is 4.39 Å². The molecule has 0 aliphatic rings. The summed E-state index contributed by atoms with van der Waals surface area (Å²) >= 11 is 0.